The van der Waals surface area contributed by atoms with Crippen LogP contribution in [0, 0.1) is 5.92 Å². The normalized spacial score (nSPS) is 21.9. The molecule has 112 valence electrons. The fourth-order valence-electron chi connectivity index (χ4n) is 2.87. The summed E-state index contributed by atoms with van der Waals surface area (Å²) in [7, 11) is 1.91. The van der Waals surface area contributed by atoms with Gasteiger partial charge in [0, 0.05) is 31.7 Å². The van der Waals surface area contributed by atoms with Gasteiger partial charge in [-0.25, -0.2) is 9.97 Å². The predicted molar refractivity (Wildman–Crippen MR) is 82.2 cm³/mol. The molecule has 1 aromatic rings. The zero-order valence-electron chi connectivity index (χ0n) is 12.8. The highest BCUT2D eigenvalue weighted by atomic mass is 16.5. The van der Waals surface area contributed by atoms with Gasteiger partial charge in [-0.15, -0.1) is 0 Å². The highest BCUT2D eigenvalue weighted by molar-refractivity contribution is 5.57. The highest BCUT2D eigenvalue weighted by Gasteiger charge is 2.26. The van der Waals surface area contributed by atoms with Crippen molar-refractivity contribution >= 4 is 11.6 Å². The maximum Gasteiger partial charge on any atom is 0.134 e. The molecule has 1 aromatic heterocycles. The van der Waals surface area contributed by atoms with E-state index in [1.54, 1.807) is 6.33 Å². The van der Waals surface area contributed by atoms with E-state index in [0.29, 0.717) is 12.0 Å². The smallest absolute Gasteiger partial charge is 0.134 e. The minimum absolute atomic E-state index is 0.391. The summed E-state index contributed by atoms with van der Waals surface area (Å²) in [4.78, 5) is 8.72. The van der Waals surface area contributed by atoms with Gasteiger partial charge in [0.15, 0.2) is 0 Å². The third-order valence-corrected chi connectivity index (χ3v) is 3.96. The molecule has 1 aliphatic heterocycles. The Morgan fingerprint density at radius 1 is 1.30 bits per heavy atom. The first-order valence-electron chi connectivity index (χ1n) is 7.67. The van der Waals surface area contributed by atoms with Gasteiger partial charge in [0.25, 0.3) is 0 Å². The Labute approximate surface area is 121 Å². The molecule has 1 fully saturated rings. The van der Waals surface area contributed by atoms with Gasteiger partial charge in [-0.3, -0.25) is 0 Å². The van der Waals surface area contributed by atoms with E-state index in [2.05, 4.69) is 34.4 Å². The SMILES string of the molecule is CCCc1c(NC)ncnc1NCC1CCOC1CC. The van der Waals surface area contributed by atoms with Crippen LogP contribution in [0.2, 0.25) is 0 Å². The molecule has 0 bridgehead atoms. The number of ether oxygens (including phenoxy) is 1. The molecule has 1 aliphatic rings. The van der Waals surface area contributed by atoms with Crippen molar-refractivity contribution in [3.63, 3.8) is 0 Å². The van der Waals surface area contributed by atoms with Crippen LogP contribution in [0.3, 0.4) is 0 Å². The van der Waals surface area contributed by atoms with Crippen LogP contribution in [0.25, 0.3) is 0 Å². The summed E-state index contributed by atoms with van der Waals surface area (Å²) in [5, 5.41) is 6.66. The molecule has 2 unspecified atom stereocenters. The lowest BCUT2D eigenvalue weighted by Crippen LogP contribution is -2.23. The molecule has 1 saturated heterocycles. The van der Waals surface area contributed by atoms with Crippen LogP contribution in [0.1, 0.15) is 38.7 Å². The fraction of sp³-hybridized carbons (Fsp3) is 0.733. The summed E-state index contributed by atoms with van der Waals surface area (Å²) in [6, 6.07) is 0. The van der Waals surface area contributed by atoms with Crippen molar-refractivity contribution in [3.8, 4) is 0 Å². The second-order valence-corrected chi connectivity index (χ2v) is 5.30. The minimum atomic E-state index is 0.391. The van der Waals surface area contributed by atoms with Gasteiger partial charge in [0.1, 0.15) is 18.0 Å². The second kappa shape index (κ2) is 7.43. The molecule has 0 amide bonds. The molecule has 2 rings (SSSR count). The van der Waals surface area contributed by atoms with Gasteiger partial charge in [0.2, 0.25) is 0 Å². The Kier molecular flexibility index (Phi) is 5.59. The first-order chi connectivity index (χ1) is 9.80. The average Bonchev–Trinajstić information content (AvgIpc) is 2.93. The second-order valence-electron chi connectivity index (χ2n) is 5.30. The van der Waals surface area contributed by atoms with Crippen LogP contribution >= 0.6 is 0 Å². The van der Waals surface area contributed by atoms with E-state index >= 15 is 0 Å². The zero-order chi connectivity index (χ0) is 14.4. The largest absolute Gasteiger partial charge is 0.378 e. The summed E-state index contributed by atoms with van der Waals surface area (Å²) in [6.07, 6.45) is 6.30. The number of hydrogen-bond acceptors (Lipinski definition) is 5. The Morgan fingerprint density at radius 2 is 2.10 bits per heavy atom. The Morgan fingerprint density at radius 3 is 2.80 bits per heavy atom. The van der Waals surface area contributed by atoms with Crippen molar-refractivity contribution in [1.82, 2.24) is 9.97 Å². The Balaban J connectivity index is 2.05. The zero-order valence-corrected chi connectivity index (χ0v) is 12.8. The van der Waals surface area contributed by atoms with E-state index in [0.717, 1.165) is 50.5 Å². The topological polar surface area (TPSA) is 59.1 Å². The fourth-order valence-corrected chi connectivity index (χ4v) is 2.87. The molecule has 0 aromatic carbocycles. The van der Waals surface area contributed by atoms with Crippen molar-refractivity contribution in [2.24, 2.45) is 5.92 Å². The third kappa shape index (κ3) is 3.39. The molecular weight excluding hydrogens is 252 g/mol. The molecule has 5 heteroatoms. The summed E-state index contributed by atoms with van der Waals surface area (Å²) in [6.45, 7) is 6.18. The van der Waals surface area contributed by atoms with Crippen molar-refractivity contribution in [2.45, 2.75) is 45.6 Å². The molecule has 0 spiro atoms. The molecule has 2 atom stereocenters. The van der Waals surface area contributed by atoms with Crippen molar-refractivity contribution in [2.75, 3.05) is 30.8 Å². The Bertz CT molecular complexity index is 424. The summed E-state index contributed by atoms with van der Waals surface area (Å²) >= 11 is 0. The number of nitrogens with zero attached hydrogens (tertiary/aromatic N) is 2. The van der Waals surface area contributed by atoms with E-state index in [4.69, 9.17) is 4.74 Å². The molecule has 0 aliphatic carbocycles. The van der Waals surface area contributed by atoms with Crippen LogP contribution in [-0.4, -0.2) is 36.3 Å². The van der Waals surface area contributed by atoms with E-state index in [9.17, 15) is 0 Å². The van der Waals surface area contributed by atoms with Gasteiger partial charge in [-0.05, 0) is 19.3 Å². The van der Waals surface area contributed by atoms with Gasteiger partial charge < -0.3 is 15.4 Å². The van der Waals surface area contributed by atoms with Crippen LogP contribution in [0.4, 0.5) is 11.6 Å². The molecule has 2 heterocycles. The quantitative estimate of drug-likeness (QED) is 0.803. The van der Waals surface area contributed by atoms with Gasteiger partial charge >= 0.3 is 0 Å². The highest BCUT2D eigenvalue weighted by Crippen LogP contribution is 2.26. The summed E-state index contributed by atoms with van der Waals surface area (Å²) in [5.41, 5.74) is 1.18. The number of aromatic nitrogens is 2. The van der Waals surface area contributed by atoms with E-state index in [1.807, 2.05) is 7.05 Å². The lowest BCUT2D eigenvalue weighted by molar-refractivity contribution is 0.0900. The van der Waals surface area contributed by atoms with Crippen LogP contribution in [0.5, 0.6) is 0 Å². The van der Waals surface area contributed by atoms with E-state index < -0.39 is 0 Å². The third-order valence-electron chi connectivity index (χ3n) is 3.96. The molecule has 5 nitrogen and oxygen atoms in total. The molecule has 0 saturated carbocycles. The maximum atomic E-state index is 5.74. The molecular formula is C15H26N4O. The van der Waals surface area contributed by atoms with Gasteiger partial charge in [0.05, 0.1) is 6.10 Å². The van der Waals surface area contributed by atoms with Crippen molar-refractivity contribution in [3.05, 3.63) is 11.9 Å². The minimum Gasteiger partial charge on any atom is -0.378 e. The molecule has 20 heavy (non-hydrogen) atoms. The monoisotopic (exact) mass is 278 g/mol. The van der Waals surface area contributed by atoms with Gasteiger partial charge in [-0.1, -0.05) is 20.3 Å². The van der Waals surface area contributed by atoms with E-state index in [1.165, 1.54) is 5.56 Å². The first kappa shape index (κ1) is 15.0. The number of hydrogen-bond donors (Lipinski definition) is 2. The van der Waals surface area contributed by atoms with Crippen molar-refractivity contribution < 1.29 is 4.74 Å². The molecule has 0 radical (unpaired) electrons. The van der Waals surface area contributed by atoms with Crippen LogP contribution < -0.4 is 10.6 Å². The lowest BCUT2D eigenvalue weighted by Gasteiger charge is -2.19. The number of nitrogens with one attached hydrogen (secondary N) is 2. The lowest BCUT2D eigenvalue weighted by atomic mass is 9.99. The van der Waals surface area contributed by atoms with Crippen molar-refractivity contribution in [1.29, 1.82) is 0 Å². The summed E-state index contributed by atoms with van der Waals surface area (Å²) in [5.74, 6) is 2.48. The number of rotatable bonds is 7. The van der Waals surface area contributed by atoms with Crippen LogP contribution in [0.15, 0.2) is 6.33 Å². The molecule has 2 N–H and O–H groups in total. The standard InChI is InChI=1S/C15H26N4O/c1-4-6-12-14(16-3)18-10-19-15(12)17-9-11-7-8-20-13(11)5-2/h10-11,13H,4-9H2,1-3H3,(H2,16,17,18,19). The predicted octanol–water partition coefficient (Wildman–Crippen LogP) is 2.70. The Hall–Kier alpha value is -1.36. The van der Waals surface area contributed by atoms with Gasteiger partial charge in [-0.2, -0.15) is 0 Å². The number of anilines is 2. The average molecular weight is 278 g/mol. The maximum absolute atomic E-state index is 5.74. The van der Waals surface area contributed by atoms with E-state index in [-0.39, 0.29) is 0 Å². The summed E-state index contributed by atoms with van der Waals surface area (Å²) < 4.78 is 5.74. The first-order valence-corrected chi connectivity index (χ1v) is 7.67. The van der Waals surface area contributed by atoms with Crippen LogP contribution in [-0.2, 0) is 11.2 Å².